The van der Waals surface area contributed by atoms with E-state index in [0.29, 0.717) is 0 Å². The Morgan fingerprint density at radius 3 is 1.78 bits per heavy atom. The number of rotatable bonds is 3. The first-order chi connectivity index (χ1) is 23.6. The standard InChI is InChI=1S/C46H41BN2/c1-45(2,3)32-23-26-34(27-24-32)48-38-28-25-33(46(4,5)6)29-37(38)47-36-20-13-19-35-41(30-15-9-7-10-16-30)43(31-17-11-8-12-18-31)49(44(35)36)40-22-14-21-39(48)42(40)47/h7-29H,1-6H3. The summed E-state index contributed by atoms with van der Waals surface area (Å²) in [5.41, 5.74) is 18.2. The van der Waals surface area contributed by atoms with Crippen LogP contribution in [0.4, 0.5) is 17.1 Å². The van der Waals surface area contributed by atoms with Crippen molar-refractivity contribution in [2.45, 2.75) is 52.4 Å². The van der Waals surface area contributed by atoms with Crippen LogP contribution in [0.2, 0.25) is 0 Å². The lowest BCUT2D eigenvalue weighted by Gasteiger charge is -2.41. The molecule has 0 spiro atoms. The van der Waals surface area contributed by atoms with E-state index in [-0.39, 0.29) is 17.5 Å². The molecular weight excluding hydrogens is 591 g/mol. The van der Waals surface area contributed by atoms with E-state index in [1.807, 2.05) is 0 Å². The highest BCUT2D eigenvalue weighted by Crippen LogP contribution is 2.46. The number of para-hydroxylation sites is 1. The summed E-state index contributed by atoms with van der Waals surface area (Å²) in [6, 6.07) is 52.3. The van der Waals surface area contributed by atoms with Crippen molar-refractivity contribution in [1.82, 2.24) is 4.57 Å². The summed E-state index contributed by atoms with van der Waals surface area (Å²) in [6.07, 6.45) is 0. The van der Waals surface area contributed by atoms with Crippen molar-refractivity contribution < 1.29 is 0 Å². The lowest BCUT2D eigenvalue weighted by Crippen LogP contribution is -2.60. The smallest absolute Gasteiger partial charge is 0.252 e. The summed E-state index contributed by atoms with van der Waals surface area (Å²) in [6.45, 7) is 13.9. The number of aromatic nitrogens is 1. The number of fused-ring (bicyclic) bond motifs is 4. The normalized spacial score (nSPS) is 13.4. The van der Waals surface area contributed by atoms with E-state index >= 15 is 0 Å². The molecule has 0 unspecified atom stereocenters. The van der Waals surface area contributed by atoms with Crippen LogP contribution in [0, 0.1) is 0 Å². The fourth-order valence-corrected chi connectivity index (χ4v) is 8.28. The van der Waals surface area contributed by atoms with Crippen molar-refractivity contribution in [3.05, 3.63) is 151 Å². The predicted molar refractivity (Wildman–Crippen MR) is 211 cm³/mol. The van der Waals surface area contributed by atoms with Gasteiger partial charge in [-0.25, -0.2) is 0 Å². The van der Waals surface area contributed by atoms with Crippen LogP contribution in [0.1, 0.15) is 52.7 Å². The van der Waals surface area contributed by atoms with Crippen LogP contribution in [0.5, 0.6) is 0 Å². The summed E-state index contributed by atoms with van der Waals surface area (Å²) >= 11 is 0. The SMILES string of the molecule is CC(C)(C)c1ccc(N2c3ccc(C(C)(C)C)cc3B3c4c2cccc4-n2c(-c4ccccc4)c(-c4ccccc4)c4cccc3c42)cc1. The fraction of sp³-hybridized carbons (Fsp3) is 0.174. The van der Waals surface area contributed by atoms with E-state index in [2.05, 4.69) is 191 Å². The summed E-state index contributed by atoms with van der Waals surface area (Å²) in [5, 5.41) is 1.30. The maximum atomic E-state index is 2.58. The maximum absolute atomic E-state index is 2.58. The molecule has 3 heterocycles. The van der Waals surface area contributed by atoms with Gasteiger partial charge in [0, 0.05) is 39.2 Å². The first-order valence-corrected chi connectivity index (χ1v) is 17.6. The molecule has 49 heavy (non-hydrogen) atoms. The molecule has 0 aliphatic carbocycles. The number of anilines is 3. The third-order valence-electron chi connectivity index (χ3n) is 10.7. The molecule has 2 aliphatic heterocycles. The van der Waals surface area contributed by atoms with Crippen LogP contribution in [0.15, 0.2) is 140 Å². The minimum atomic E-state index is 0.0237. The molecule has 0 atom stereocenters. The third kappa shape index (κ3) is 4.48. The van der Waals surface area contributed by atoms with Gasteiger partial charge in [0.05, 0.1) is 5.69 Å². The van der Waals surface area contributed by atoms with Crippen molar-refractivity contribution in [2.75, 3.05) is 4.90 Å². The maximum Gasteiger partial charge on any atom is 0.252 e. The Morgan fingerprint density at radius 2 is 1.10 bits per heavy atom. The van der Waals surface area contributed by atoms with Gasteiger partial charge in [-0.3, -0.25) is 0 Å². The van der Waals surface area contributed by atoms with E-state index in [9.17, 15) is 0 Å². The molecule has 238 valence electrons. The van der Waals surface area contributed by atoms with Gasteiger partial charge < -0.3 is 9.47 Å². The highest BCUT2D eigenvalue weighted by molar-refractivity contribution is 7.00. The Morgan fingerprint density at radius 1 is 0.490 bits per heavy atom. The second kappa shape index (κ2) is 10.6. The van der Waals surface area contributed by atoms with Crippen LogP contribution in [-0.2, 0) is 10.8 Å². The molecule has 2 nitrogen and oxygen atoms in total. The van der Waals surface area contributed by atoms with E-state index in [4.69, 9.17) is 0 Å². The van der Waals surface area contributed by atoms with Crippen molar-refractivity contribution in [3.63, 3.8) is 0 Å². The second-order valence-electron chi connectivity index (χ2n) is 15.8. The van der Waals surface area contributed by atoms with Gasteiger partial charge in [-0.05, 0) is 79.8 Å². The topological polar surface area (TPSA) is 8.17 Å². The summed E-state index contributed by atoms with van der Waals surface area (Å²) in [4.78, 5) is 2.51. The minimum absolute atomic E-state index is 0.0237. The Hall–Kier alpha value is -5.28. The first-order valence-electron chi connectivity index (χ1n) is 17.6. The van der Waals surface area contributed by atoms with Crippen molar-refractivity contribution in [3.8, 4) is 28.1 Å². The van der Waals surface area contributed by atoms with E-state index < -0.39 is 0 Å². The fourth-order valence-electron chi connectivity index (χ4n) is 8.28. The summed E-state index contributed by atoms with van der Waals surface area (Å²) in [7, 11) is 0. The molecular formula is C46H41BN2. The average molecular weight is 633 g/mol. The Kier molecular flexibility index (Phi) is 6.46. The molecule has 0 amide bonds. The zero-order valence-electron chi connectivity index (χ0n) is 29.3. The highest BCUT2D eigenvalue weighted by Gasteiger charge is 2.43. The molecule has 0 radical (unpaired) electrons. The molecule has 7 aromatic rings. The van der Waals surface area contributed by atoms with Crippen LogP contribution in [0.3, 0.4) is 0 Å². The molecule has 0 saturated carbocycles. The zero-order valence-corrected chi connectivity index (χ0v) is 29.3. The van der Waals surface area contributed by atoms with E-state index in [1.165, 1.54) is 83.6 Å². The van der Waals surface area contributed by atoms with Gasteiger partial charge in [0.25, 0.3) is 6.71 Å². The molecule has 6 aromatic carbocycles. The van der Waals surface area contributed by atoms with Crippen molar-refractivity contribution in [1.29, 1.82) is 0 Å². The molecule has 0 fully saturated rings. The zero-order chi connectivity index (χ0) is 33.7. The minimum Gasteiger partial charge on any atom is -0.311 e. The van der Waals surface area contributed by atoms with E-state index in [0.717, 1.165) is 0 Å². The second-order valence-corrected chi connectivity index (χ2v) is 15.8. The first kappa shape index (κ1) is 29.8. The molecule has 0 saturated heterocycles. The van der Waals surface area contributed by atoms with Crippen molar-refractivity contribution in [2.24, 2.45) is 0 Å². The van der Waals surface area contributed by atoms with Crippen LogP contribution >= 0.6 is 0 Å². The quantitative estimate of drug-likeness (QED) is 0.176. The molecule has 3 heteroatoms. The largest absolute Gasteiger partial charge is 0.311 e. The molecule has 0 N–H and O–H groups in total. The van der Waals surface area contributed by atoms with Crippen LogP contribution in [0.25, 0.3) is 39.0 Å². The van der Waals surface area contributed by atoms with Gasteiger partial charge in [-0.2, -0.15) is 0 Å². The lowest BCUT2D eigenvalue weighted by molar-refractivity contribution is 0.590. The predicted octanol–water partition coefficient (Wildman–Crippen LogP) is 10.2. The van der Waals surface area contributed by atoms with Crippen LogP contribution in [-0.4, -0.2) is 11.3 Å². The van der Waals surface area contributed by atoms with Gasteiger partial charge in [-0.1, -0.05) is 151 Å². The van der Waals surface area contributed by atoms with Gasteiger partial charge in [0.1, 0.15) is 0 Å². The Labute approximate surface area is 290 Å². The molecule has 9 rings (SSSR count). The van der Waals surface area contributed by atoms with Crippen molar-refractivity contribution >= 4 is 51.1 Å². The van der Waals surface area contributed by atoms with E-state index in [1.54, 1.807) is 0 Å². The van der Waals surface area contributed by atoms with Gasteiger partial charge in [-0.15, -0.1) is 0 Å². The molecule has 2 aliphatic rings. The summed E-state index contributed by atoms with van der Waals surface area (Å²) < 4.78 is 2.58. The van der Waals surface area contributed by atoms with Gasteiger partial charge >= 0.3 is 0 Å². The Bertz CT molecular complexity index is 2390. The van der Waals surface area contributed by atoms with Gasteiger partial charge in [0.15, 0.2) is 0 Å². The number of benzene rings is 6. The van der Waals surface area contributed by atoms with Gasteiger partial charge in [0.2, 0.25) is 0 Å². The average Bonchev–Trinajstić information content (AvgIpc) is 3.46. The third-order valence-corrected chi connectivity index (χ3v) is 10.7. The number of hydrogen-bond donors (Lipinski definition) is 0. The van der Waals surface area contributed by atoms with Crippen LogP contribution < -0.4 is 21.3 Å². The monoisotopic (exact) mass is 632 g/mol. The number of nitrogens with zero attached hydrogens (tertiary/aromatic N) is 2. The Balaban J connectivity index is 1.41. The summed E-state index contributed by atoms with van der Waals surface area (Å²) in [5.74, 6) is 0. The highest BCUT2D eigenvalue weighted by atomic mass is 15.2. The molecule has 0 bridgehead atoms. The molecule has 1 aromatic heterocycles. The number of hydrogen-bond acceptors (Lipinski definition) is 1. The lowest BCUT2D eigenvalue weighted by atomic mass is 9.33.